The Labute approximate surface area is 103 Å². The molecule has 3 amide bonds. The third-order valence-corrected chi connectivity index (χ3v) is 2.90. The molecule has 2 rings (SSSR count). The molecule has 8 heteroatoms. The van der Waals surface area contributed by atoms with Gasteiger partial charge < -0.3 is 4.90 Å². The van der Waals surface area contributed by atoms with E-state index in [9.17, 15) is 14.4 Å². The molecule has 1 N–H and O–H groups in total. The average molecular weight is 251 g/mol. The van der Waals surface area contributed by atoms with Gasteiger partial charge in [0.2, 0.25) is 17.7 Å². The molecular weight excluding hydrogens is 238 g/mol. The van der Waals surface area contributed by atoms with Crippen molar-refractivity contribution in [1.29, 1.82) is 0 Å². The molecule has 1 aromatic rings. The second-order valence-electron chi connectivity index (χ2n) is 4.11. The largest absolute Gasteiger partial charge is 0.320 e. The minimum absolute atomic E-state index is 0.120. The van der Waals surface area contributed by atoms with E-state index in [2.05, 4.69) is 15.4 Å². The Morgan fingerprint density at radius 2 is 2.28 bits per heavy atom. The van der Waals surface area contributed by atoms with E-state index < -0.39 is 23.9 Å². The highest BCUT2D eigenvalue weighted by atomic mass is 16.2. The van der Waals surface area contributed by atoms with Crippen molar-refractivity contribution in [3.05, 3.63) is 12.7 Å². The van der Waals surface area contributed by atoms with Gasteiger partial charge in [-0.25, -0.2) is 9.67 Å². The SMILES string of the molecule is CC1C(=O)NC(=O)CN1C(=O)C(C)n1cncn1. The standard InChI is InChI=1S/C10H13N5O3/c1-6-9(17)13-8(16)3-14(6)10(18)7(2)15-5-11-4-12-15/h4-7H,3H2,1-2H3,(H,13,16,17). The molecule has 0 radical (unpaired) electrons. The summed E-state index contributed by atoms with van der Waals surface area (Å²) in [4.78, 5) is 40.0. The molecule has 2 unspecified atom stereocenters. The summed E-state index contributed by atoms with van der Waals surface area (Å²) in [7, 11) is 0. The first-order valence-corrected chi connectivity index (χ1v) is 5.49. The van der Waals surface area contributed by atoms with Gasteiger partial charge in [-0.3, -0.25) is 19.7 Å². The number of piperazine rings is 1. The fourth-order valence-electron chi connectivity index (χ4n) is 1.75. The number of carbonyl (C=O) groups excluding carboxylic acids is 3. The molecular formula is C10H13N5O3. The number of carbonyl (C=O) groups is 3. The molecule has 96 valence electrons. The molecule has 1 aromatic heterocycles. The van der Waals surface area contributed by atoms with E-state index in [0.29, 0.717) is 0 Å². The Hall–Kier alpha value is -2.25. The van der Waals surface area contributed by atoms with E-state index in [1.807, 2.05) is 0 Å². The highest BCUT2D eigenvalue weighted by Crippen LogP contribution is 2.13. The van der Waals surface area contributed by atoms with E-state index >= 15 is 0 Å². The first-order chi connectivity index (χ1) is 8.50. The van der Waals surface area contributed by atoms with Crippen molar-refractivity contribution in [3.8, 4) is 0 Å². The van der Waals surface area contributed by atoms with Crippen molar-refractivity contribution in [2.24, 2.45) is 0 Å². The summed E-state index contributed by atoms with van der Waals surface area (Å²) in [5.41, 5.74) is 0. The molecule has 0 bridgehead atoms. The zero-order valence-electron chi connectivity index (χ0n) is 10.0. The van der Waals surface area contributed by atoms with Crippen LogP contribution in [0.3, 0.4) is 0 Å². The van der Waals surface area contributed by atoms with Crippen molar-refractivity contribution in [2.75, 3.05) is 6.54 Å². The third-order valence-electron chi connectivity index (χ3n) is 2.90. The molecule has 1 aliphatic rings. The molecule has 2 atom stereocenters. The lowest BCUT2D eigenvalue weighted by molar-refractivity contribution is -0.151. The number of aromatic nitrogens is 3. The summed E-state index contributed by atoms with van der Waals surface area (Å²) in [6, 6.07) is -1.27. The summed E-state index contributed by atoms with van der Waals surface area (Å²) in [5.74, 6) is -1.28. The van der Waals surface area contributed by atoms with Gasteiger partial charge in [-0.2, -0.15) is 5.10 Å². The first kappa shape index (κ1) is 12.2. The third kappa shape index (κ3) is 2.08. The van der Waals surface area contributed by atoms with Crippen LogP contribution < -0.4 is 5.32 Å². The summed E-state index contributed by atoms with van der Waals surface area (Å²) in [6.45, 7) is 3.10. The minimum Gasteiger partial charge on any atom is -0.320 e. The van der Waals surface area contributed by atoms with Crippen LogP contribution in [-0.2, 0) is 14.4 Å². The van der Waals surface area contributed by atoms with Crippen molar-refractivity contribution in [3.63, 3.8) is 0 Å². The minimum atomic E-state index is -0.666. The van der Waals surface area contributed by atoms with E-state index in [-0.39, 0.29) is 12.5 Å². The molecule has 0 spiro atoms. The number of nitrogens with one attached hydrogen (secondary N) is 1. The predicted octanol–water partition coefficient (Wildman–Crippen LogP) is -1.29. The van der Waals surface area contributed by atoms with Crippen LogP contribution in [0.5, 0.6) is 0 Å². The quantitative estimate of drug-likeness (QED) is 0.660. The van der Waals surface area contributed by atoms with Crippen LogP contribution in [0.15, 0.2) is 12.7 Å². The number of hydrogen-bond acceptors (Lipinski definition) is 5. The van der Waals surface area contributed by atoms with Gasteiger partial charge in [0.05, 0.1) is 0 Å². The van der Waals surface area contributed by atoms with Gasteiger partial charge in [-0.1, -0.05) is 0 Å². The van der Waals surface area contributed by atoms with Crippen LogP contribution in [0, 0.1) is 0 Å². The zero-order chi connectivity index (χ0) is 13.3. The molecule has 1 saturated heterocycles. The summed E-state index contributed by atoms with van der Waals surface area (Å²) >= 11 is 0. The monoisotopic (exact) mass is 251 g/mol. The van der Waals surface area contributed by atoms with Crippen molar-refractivity contribution >= 4 is 17.7 Å². The second-order valence-corrected chi connectivity index (χ2v) is 4.11. The van der Waals surface area contributed by atoms with E-state index in [4.69, 9.17) is 0 Å². The van der Waals surface area contributed by atoms with Gasteiger partial charge in [0.15, 0.2) is 0 Å². The number of rotatable bonds is 2. The van der Waals surface area contributed by atoms with Gasteiger partial charge in [0.1, 0.15) is 31.3 Å². The molecule has 0 aliphatic carbocycles. The number of hydrogen-bond donors (Lipinski definition) is 1. The molecule has 1 aliphatic heterocycles. The first-order valence-electron chi connectivity index (χ1n) is 5.49. The lowest BCUT2D eigenvalue weighted by Gasteiger charge is -2.33. The van der Waals surface area contributed by atoms with Crippen LogP contribution >= 0.6 is 0 Å². The maximum Gasteiger partial charge on any atom is 0.249 e. The molecule has 0 saturated carbocycles. The smallest absolute Gasteiger partial charge is 0.249 e. The van der Waals surface area contributed by atoms with Crippen LogP contribution in [0.25, 0.3) is 0 Å². The van der Waals surface area contributed by atoms with Crippen LogP contribution in [0.2, 0.25) is 0 Å². The van der Waals surface area contributed by atoms with E-state index in [1.165, 1.54) is 22.2 Å². The van der Waals surface area contributed by atoms with Crippen LogP contribution in [0.1, 0.15) is 19.9 Å². The fraction of sp³-hybridized carbons (Fsp3) is 0.500. The number of nitrogens with zero attached hydrogens (tertiary/aromatic N) is 4. The number of imide groups is 1. The highest BCUT2D eigenvalue weighted by Gasteiger charge is 2.35. The zero-order valence-corrected chi connectivity index (χ0v) is 10.0. The molecule has 0 aromatic carbocycles. The molecule has 8 nitrogen and oxygen atoms in total. The lowest BCUT2D eigenvalue weighted by Crippen LogP contribution is -2.59. The van der Waals surface area contributed by atoms with E-state index in [0.717, 1.165) is 0 Å². The molecule has 2 heterocycles. The Kier molecular flexibility index (Phi) is 3.09. The Bertz CT molecular complexity index is 484. The maximum atomic E-state index is 12.2. The number of amides is 3. The fourth-order valence-corrected chi connectivity index (χ4v) is 1.75. The Balaban J connectivity index is 2.17. The topological polar surface area (TPSA) is 97.2 Å². The average Bonchev–Trinajstić information content (AvgIpc) is 2.85. The van der Waals surface area contributed by atoms with Gasteiger partial charge >= 0.3 is 0 Å². The molecule has 1 fully saturated rings. The van der Waals surface area contributed by atoms with Crippen molar-refractivity contribution < 1.29 is 14.4 Å². The lowest BCUT2D eigenvalue weighted by atomic mass is 10.1. The summed E-state index contributed by atoms with van der Waals surface area (Å²) in [6.07, 6.45) is 2.74. The highest BCUT2D eigenvalue weighted by molar-refractivity contribution is 6.04. The van der Waals surface area contributed by atoms with Crippen molar-refractivity contribution in [2.45, 2.75) is 25.9 Å². The van der Waals surface area contributed by atoms with Gasteiger partial charge in [-0.05, 0) is 13.8 Å². The summed E-state index contributed by atoms with van der Waals surface area (Å²) < 4.78 is 1.38. The van der Waals surface area contributed by atoms with Crippen molar-refractivity contribution in [1.82, 2.24) is 25.0 Å². The Morgan fingerprint density at radius 3 is 2.89 bits per heavy atom. The normalized spacial score (nSPS) is 21.7. The second kappa shape index (κ2) is 4.55. The Morgan fingerprint density at radius 1 is 1.56 bits per heavy atom. The summed E-state index contributed by atoms with van der Waals surface area (Å²) in [5, 5.41) is 6.05. The predicted molar refractivity (Wildman–Crippen MR) is 59.1 cm³/mol. The van der Waals surface area contributed by atoms with Gasteiger partial charge in [0.25, 0.3) is 0 Å². The van der Waals surface area contributed by atoms with Crippen LogP contribution in [-0.4, -0.2) is 50.0 Å². The maximum absolute atomic E-state index is 12.2. The van der Waals surface area contributed by atoms with Gasteiger partial charge in [0, 0.05) is 0 Å². The molecule has 18 heavy (non-hydrogen) atoms. The van der Waals surface area contributed by atoms with E-state index in [1.54, 1.807) is 13.8 Å². The van der Waals surface area contributed by atoms with Crippen LogP contribution in [0.4, 0.5) is 0 Å². The van der Waals surface area contributed by atoms with Gasteiger partial charge in [-0.15, -0.1) is 0 Å².